The van der Waals surface area contributed by atoms with Gasteiger partial charge in [0.15, 0.2) is 9.84 Å². The van der Waals surface area contributed by atoms with Gasteiger partial charge in [-0.3, -0.25) is 4.79 Å². The monoisotopic (exact) mass is 269 g/mol. The van der Waals surface area contributed by atoms with Gasteiger partial charge in [0.2, 0.25) is 5.91 Å². The summed E-state index contributed by atoms with van der Waals surface area (Å²) in [5.41, 5.74) is 0.644. The molecule has 1 aromatic rings. The fourth-order valence-electron chi connectivity index (χ4n) is 1.92. The lowest BCUT2D eigenvalue weighted by Gasteiger charge is -2.09. The van der Waals surface area contributed by atoms with E-state index in [4.69, 9.17) is 4.74 Å². The summed E-state index contributed by atoms with van der Waals surface area (Å²) in [5, 5.41) is 2.71. The molecule has 1 aromatic carbocycles. The number of sulfone groups is 1. The summed E-state index contributed by atoms with van der Waals surface area (Å²) < 4.78 is 27.6. The van der Waals surface area contributed by atoms with Crippen LogP contribution in [0.3, 0.4) is 0 Å². The predicted molar refractivity (Wildman–Crippen MR) is 68.4 cm³/mol. The van der Waals surface area contributed by atoms with Crippen molar-refractivity contribution in [3.63, 3.8) is 0 Å². The Bertz CT molecular complexity index is 536. The number of carbonyl (C=O) groups is 1. The van der Waals surface area contributed by atoms with Gasteiger partial charge in [-0.15, -0.1) is 0 Å². The van der Waals surface area contributed by atoms with E-state index in [1.54, 1.807) is 31.4 Å². The molecule has 0 aromatic heterocycles. The minimum absolute atomic E-state index is 0.0466. The van der Waals surface area contributed by atoms with E-state index >= 15 is 0 Å². The Morgan fingerprint density at radius 1 is 1.33 bits per heavy atom. The van der Waals surface area contributed by atoms with Crippen LogP contribution in [0.4, 0.5) is 5.69 Å². The molecule has 0 aliphatic carbocycles. The SMILES string of the molecule is COc1ccc(NC(=O)C2CCS(=O)(=O)C2)cc1. The van der Waals surface area contributed by atoms with Crippen LogP contribution in [-0.2, 0) is 14.6 Å². The first-order chi connectivity index (χ1) is 8.50. The Balaban J connectivity index is 1.99. The van der Waals surface area contributed by atoms with E-state index in [1.807, 2.05) is 0 Å². The van der Waals surface area contributed by atoms with Crippen molar-refractivity contribution in [2.75, 3.05) is 23.9 Å². The maximum Gasteiger partial charge on any atom is 0.228 e. The van der Waals surface area contributed by atoms with E-state index in [0.717, 1.165) is 0 Å². The summed E-state index contributed by atoms with van der Waals surface area (Å²) in [6, 6.07) is 6.92. The summed E-state index contributed by atoms with van der Waals surface area (Å²) in [4.78, 5) is 11.9. The highest BCUT2D eigenvalue weighted by Gasteiger charge is 2.32. The molecule has 1 aliphatic heterocycles. The van der Waals surface area contributed by atoms with Crippen molar-refractivity contribution in [3.8, 4) is 5.75 Å². The van der Waals surface area contributed by atoms with Crippen LogP contribution in [0.25, 0.3) is 0 Å². The second-order valence-electron chi connectivity index (χ2n) is 4.32. The minimum atomic E-state index is -3.02. The molecule has 1 amide bonds. The van der Waals surface area contributed by atoms with Crippen molar-refractivity contribution in [2.24, 2.45) is 5.92 Å². The van der Waals surface area contributed by atoms with Crippen molar-refractivity contribution in [1.82, 2.24) is 0 Å². The highest BCUT2D eigenvalue weighted by atomic mass is 32.2. The molecule has 1 aliphatic rings. The summed E-state index contributed by atoms with van der Waals surface area (Å²) in [6.07, 6.45) is 0.407. The largest absolute Gasteiger partial charge is 0.497 e. The highest BCUT2D eigenvalue weighted by Crippen LogP contribution is 2.21. The quantitative estimate of drug-likeness (QED) is 0.891. The maximum absolute atomic E-state index is 11.9. The molecule has 1 atom stereocenters. The lowest BCUT2D eigenvalue weighted by atomic mass is 10.1. The number of benzene rings is 1. The average Bonchev–Trinajstić information content (AvgIpc) is 2.71. The van der Waals surface area contributed by atoms with Gasteiger partial charge in [0.25, 0.3) is 0 Å². The minimum Gasteiger partial charge on any atom is -0.497 e. The van der Waals surface area contributed by atoms with Gasteiger partial charge < -0.3 is 10.1 Å². The van der Waals surface area contributed by atoms with Gasteiger partial charge in [-0.2, -0.15) is 0 Å². The lowest BCUT2D eigenvalue weighted by Crippen LogP contribution is -2.23. The van der Waals surface area contributed by atoms with E-state index < -0.39 is 15.8 Å². The Kier molecular flexibility index (Phi) is 3.56. The van der Waals surface area contributed by atoms with Gasteiger partial charge in [0.1, 0.15) is 5.75 Å². The molecular weight excluding hydrogens is 254 g/mol. The number of anilines is 1. The first kappa shape index (κ1) is 12.9. The number of hydrogen-bond acceptors (Lipinski definition) is 4. The first-order valence-corrected chi connectivity index (χ1v) is 7.48. The summed E-state index contributed by atoms with van der Waals surface area (Å²) >= 11 is 0. The zero-order valence-electron chi connectivity index (χ0n) is 10.0. The third-order valence-corrected chi connectivity index (χ3v) is 4.73. The van der Waals surface area contributed by atoms with E-state index in [1.165, 1.54) is 0 Å². The lowest BCUT2D eigenvalue weighted by molar-refractivity contribution is -0.119. The molecule has 18 heavy (non-hydrogen) atoms. The topological polar surface area (TPSA) is 72.5 Å². The molecule has 1 N–H and O–H groups in total. The summed E-state index contributed by atoms with van der Waals surface area (Å²) in [6.45, 7) is 0. The smallest absolute Gasteiger partial charge is 0.228 e. The van der Waals surface area contributed by atoms with Crippen LogP contribution in [0.5, 0.6) is 5.75 Å². The molecule has 2 rings (SSSR count). The zero-order valence-corrected chi connectivity index (χ0v) is 10.9. The van der Waals surface area contributed by atoms with Crippen LogP contribution in [0.1, 0.15) is 6.42 Å². The fraction of sp³-hybridized carbons (Fsp3) is 0.417. The molecule has 1 heterocycles. The van der Waals surface area contributed by atoms with Gasteiger partial charge >= 0.3 is 0 Å². The molecule has 0 spiro atoms. The van der Waals surface area contributed by atoms with E-state index in [-0.39, 0.29) is 17.4 Å². The molecule has 98 valence electrons. The van der Waals surface area contributed by atoms with Crippen molar-refractivity contribution >= 4 is 21.4 Å². The van der Waals surface area contributed by atoms with E-state index in [9.17, 15) is 13.2 Å². The Morgan fingerprint density at radius 3 is 2.50 bits per heavy atom. The van der Waals surface area contributed by atoms with Gasteiger partial charge in [-0.25, -0.2) is 8.42 Å². The number of ether oxygens (including phenoxy) is 1. The van der Waals surface area contributed by atoms with Crippen molar-refractivity contribution in [2.45, 2.75) is 6.42 Å². The second-order valence-corrected chi connectivity index (χ2v) is 6.55. The standard InChI is InChI=1S/C12H15NO4S/c1-17-11-4-2-10(3-5-11)13-12(14)9-6-7-18(15,16)8-9/h2-5,9H,6-8H2,1H3,(H,13,14). The van der Waals surface area contributed by atoms with Crippen LogP contribution < -0.4 is 10.1 Å². The number of amides is 1. The van der Waals surface area contributed by atoms with Crippen molar-refractivity contribution in [1.29, 1.82) is 0 Å². The normalized spacial score (nSPS) is 21.5. The van der Waals surface area contributed by atoms with Crippen LogP contribution in [0.15, 0.2) is 24.3 Å². The number of nitrogens with one attached hydrogen (secondary N) is 1. The molecule has 6 heteroatoms. The molecule has 1 unspecified atom stereocenters. The van der Waals surface area contributed by atoms with Gasteiger partial charge in [0.05, 0.1) is 24.5 Å². The van der Waals surface area contributed by atoms with Gasteiger partial charge in [0, 0.05) is 5.69 Å². The summed E-state index contributed by atoms with van der Waals surface area (Å²) in [7, 11) is -1.46. The molecule has 1 saturated heterocycles. The zero-order chi connectivity index (χ0) is 13.2. The van der Waals surface area contributed by atoms with Crippen LogP contribution in [-0.4, -0.2) is 32.9 Å². The molecule has 1 fully saturated rings. The number of hydrogen-bond donors (Lipinski definition) is 1. The maximum atomic E-state index is 11.9. The van der Waals surface area contributed by atoms with Crippen LogP contribution in [0, 0.1) is 5.92 Å². The average molecular weight is 269 g/mol. The van der Waals surface area contributed by atoms with Gasteiger partial charge in [-0.05, 0) is 30.7 Å². The van der Waals surface area contributed by atoms with Gasteiger partial charge in [-0.1, -0.05) is 0 Å². The first-order valence-electron chi connectivity index (χ1n) is 5.65. The van der Waals surface area contributed by atoms with Crippen molar-refractivity contribution in [3.05, 3.63) is 24.3 Å². The molecule has 0 bridgehead atoms. The third-order valence-electron chi connectivity index (χ3n) is 2.96. The number of rotatable bonds is 3. The number of methoxy groups -OCH3 is 1. The van der Waals surface area contributed by atoms with Crippen molar-refractivity contribution < 1.29 is 17.9 Å². The van der Waals surface area contributed by atoms with E-state index in [2.05, 4.69) is 5.32 Å². The second kappa shape index (κ2) is 4.97. The van der Waals surface area contributed by atoms with Crippen LogP contribution >= 0.6 is 0 Å². The molecule has 0 radical (unpaired) electrons. The molecular formula is C12H15NO4S. The Morgan fingerprint density at radius 2 is 2.00 bits per heavy atom. The highest BCUT2D eigenvalue weighted by molar-refractivity contribution is 7.91. The van der Waals surface area contributed by atoms with E-state index in [0.29, 0.717) is 17.9 Å². The molecule has 0 saturated carbocycles. The fourth-order valence-corrected chi connectivity index (χ4v) is 3.66. The van der Waals surface area contributed by atoms with Crippen LogP contribution in [0.2, 0.25) is 0 Å². The number of carbonyl (C=O) groups excluding carboxylic acids is 1. The summed E-state index contributed by atoms with van der Waals surface area (Å²) in [5.74, 6) is 0.0951. The molecule has 5 nitrogen and oxygen atoms in total. The third kappa shape index (κ3) is 3.01. The Labute approximate surface area is 106 Å². The predicted octanol–water partition coefficient (Wildman–Crippen LogP) is 1.07. The Hall–Kier alpha value is -1.56.